The van der Waals surface area contributed by atoms with Crippen molar-refractivity contribution in [3.8, 4) is 17.0 Å². The molecule has 1 atom stereocenters. The molecular weight excluding hydrogens is 390 g/mol. The van der Waals surface area contributed by atoms with Gasteiger partial charge in [-0.2, -0.15) is 5.10 Å². The highest BCUT2D eigenvalue weighted by atomic mass is 16.5. The number of fused-ring (bicyclic) bond motifs is 1. The molecule has 0 unspecified atom stereocenters. The number of amides is 1. The van der Waals surface area contributed by atoms with Crippen molar-refractivity contribution in [2.45, 2.75) is 19.4 Å². The summed E-state index contributed by atoms with van der Waals surface area (Å²) in [4.78, 5) is 23.1. The van der Waals surface area contributed by atoms with E-state index in [0.29, 0.717) is 12.2 Å². The fraction of sp³-hybridized carbons (Fsp3) is 0.208. The lowest BCUT2D eigenvalue weighted by Gasteiger charge is -2.35. The van der Waals surface area contributed by atoms with Crippen molar-refractivity contribution in [2.75, 3.05) is 13.7 Å². The molecule has 0 bridgehead atoms. The van der Waals surface area contributed by atoms with Gasteiger partial charge >= 0.3 is 0 Å². The first-order valence-electron chi connectivity index (χ1n) is 10.2. The molecule has 2 N–H and O–H groups in total. The standard InChI is InChI=1S/C24H23N5O2/c1-15-3-5-16(6-4-15)20-13-21(28-27-20)24(30)29-12-11-19-22(26-14-25-19)23(29)17-7-9-18(31-2)10-8-17/h3-10,13-14,23H,11-12H2,1-2H3,(H,25,26)(H,27,28)/t23-/m0/s1. The molecule has 1 amide bonds. The van der Waals surface area contributed by atoms with Gasteiger partial charge < -0.3 is 14.6 Å². The number of aryl methyl sites for hydroxylation is 1. The Morgan fingerprint density at radius 3 is 2.65 bits per heavy atom. The van der Waals surface area contributed by atoms with Gasteiger partial charge in [-0.05, 0) is 30.7 Å². The third kappa shape index (κ3) is 3.48. The maximum absolute atomic E-state index is 13.5. The fourth-order valence-electron chi connectivity index (χ4n) is 4.08. The summed E-state index contributed by atoms with van der Waals surface area (Å²) in [6.07, 6.45) is 2.42. The predicted octanol–water partition coefficient (Wildman–Crippen LogP) is 3.90. The molecule has 156 valence electrons. The normalized spacial score (nSPS) is 15.5. The molecule has 5 rings (SSSR count). The second kappa shape index (κ2) is 7.75. The quantitative estimate of drug-likeness (QED) is 0.531. The van der Waals surface area contributed by atoms with Gasteiger partial charge in [0.2, 0.25) is 0 Å². The summed E-state index contributed by atoms with van der Waals surface area (Å²) in [7, 11) is 1.64. The Hall–Kier alpha value is -3.87. The molecule has 4 aromatic rings. The van der Waals surface area contributed by atoms with E-state index in [0.717, 1.165) is 40.4 Å². The first-order chi connectivity index (χ1) is 15.1. The average Bonchev–Trinajstić information content (AvgIpc) is 3.48. The molecule has 0 spiro atoms. The zero-order chi connectivity index (χ0) is 21.4. The van der Waals surface area contributed by atoms with Crippen molar-refractivity contribution in [3.63, 3.8) is 0 Å². The summed E-state index contributed by atoms with van der Waals surface area (Å²) in [5.41, 5.74) is 6.30. The minimum Gasteiger partial charge on any atom is -0.497 e. The molecular formula is C24H23N5O2. The molecule has 0 aliphatic carbocycles. The highest BCUT2D eigenvalue weighted by Gasteiger charge is 2.35. The van der Waals surface area contributed by atoms with E-state index < -0.39 is 0 Å². The Morgan fingerprint density at radius 2 is 1.90 bits per heavy atom. The van der Waals surface area contributed by atoms with E-state index >= 15 is 0 Å². The number of nitrogens with one attached hydrogen (secondary N) is 2. The van der Waals surface area contributed by atoms with Crippen LogP contribution in [0, 0.1) is 6.92 Å². The molecule has 1 aliphatic rings. The lowest BCUT2D eigenvalue weighted by Crippen LogP contribution is -2.41. The SMILES string of the molecule is COc1ccc([C@H]2c3nc[nH]c3CCN2C(=O)c2cc(-c3ccc(C)cc3)n[nH]2)cc1. The van der Waals surface area contributed by atoms with Crippen molar-refractivity contribution in [1.29, 1.82) is 0 Å². The monoisotopic (exact) mass is 413 g/mol. The lowest BCUT2D eigenvalue weighted by atomic mass is 9.95. The van der Waals surface area contributed by atoms with Crippen LogP contribution in [-0.2, 0) is 6.42 Å². The number of hydrogen-bond donors (Lipinski definition) is 2. The third-order valence-corrected chi connectivity index (χ3v) is 5.77. The van der Waals surface area contributed by atoms with Crippen molar-refractivity contribution in [2.24, 2.45) is 0 Å². The topological polar surface area (TPSA) is 86.9 Å². The van der Waals surface area contributed by atoms with Gasteiger partial charge in [-0.3, -0.25) is 9.89 Å². The van der Waals surface area contributed by atoms with Gasteiger partial charge in [0.15, 0.2) is 0 Å². The number of aromatic nitrogens is 4. The summed E-state index contributed by atoms with van der Waals surface area (Å²) >= 11 is 0. The first-order valence-corrected chi connectivity index (χ1v) is 10.2. The molecule has 2 aromatic carbocycles. The Labute approximate surface area is 180 Å². The highest BCUT2D eigenvalue weighted by Crippen LogP contribution is 2.35. The van der Waals surface area contributed by atoms with Crippen LogP contribution in [0.4, 0.5) is 0 Å². The number of ether oxygens (including phenoxy) is 1. The zero-order valence-electron chi connectivity index (χ0n) is 17.4. The molecule has 0 radical (unpaired) electrons. The summed E-state index contributed by atoms with van der Waals surface area (Å²) in [6.45, 7) is 2.63. The van der Waals surface area contributed by atoms with Crippen molar-refractivity contribution >= 4 is 5.91 Å². The number of methoxy groups -OCH3 is 1. The number of benzene rings is 2. The number of rotatable bonds is 4. The Balaban J connectivity index is 1.49. The van der Waals surface area contributed by atoms with E-state index in [9.17, 15) is 4.79 Å². The van der Waals surface area contributed by atoms with Crippen LogP contribution in [0.25, 0.3) is 11.3 Å². The van der Waals surface area contributed by atoms with Gasteiger partial charge in [-0.1, -0.05) is 42.0 Å². The third-order valence-electron chi connectivity index (χ3n) is 5.77. The van der Waals surface area contributed by atoms with E-state index in [1.165, 1.54) is 5.56 Å². The number of nitrogens with zero attached hydrogens (tertiary/aromatic N) is 3. The van der Waals surface area contributed by atoms with Crippen LogP contribution < -0.4 is 4.74 Å². The molecule has 2 aromatic heterocycles. The fourth-order valence-corrected chi connectivity index (χ4v) is 4.08. The lowest BCUT2D eigenvalue weighted by molar-refractivity contribution is 0.0684. The van der Waals surface area contributed by atoms with E-state index in [-0.39, 0.29) is 11.9 Å². The maximum atomic E-state index is 13.5. The van der Waals surface area contributed by atoms with Crippen LogP contribution in [0.1, 0.15) is 39.0 Å². The second-order valence-electron chi connectivity index (χ2n) is 7.72. The number of H-pyrrole nitrogens is 2. The van der Waals surface area contributed by atoms with Crippen molar-refractivity contribution in [3.05, 3.63) is 89.1 Å². The number of hydrogen-bond acceptors (Lipinski definition) is 4. The summed E-state index contributed by atoms with van der Waals surface area (Å²) in [5.74, 6) is 0.677. The van der Waals surface area contributed by atoms with Crippen molar-refractivity contribution < 1.29 is 9.53 Å². The molecule has 7 nitrogen and oxygen atoms in total. The average molecular weight is 413 g/mol. The number of carbonyl (C=O) groups is 1. The van der Waals surface area contributed by atoms with E-state index in [1.54, 1.807) is 13.4 Å². The van der Waals surface area contributed by atoms with Gasteiger partial charge in [-0.15, -0.1) is 0 Å². The Morgan fingerprint density at radius 1 is 1.13 bits per heavy atom. The summed E-state index contributed by atoms with van der Waals surface area (Å²) in [6, 6.07) is 17.4. The van der Waals surface area contributed by atoms with Crippen LogP contribution in [0.3, 0.4) is 0 Å². The first kappa shape index (κ1) is 19.1. The van der Waals surface area contributed by atoms with Gasteiger partial charge in [-0.25, -0.2) is 4.98 Å². The van der Waals surface area contributed by atoms with Crippen molar-refractivity contribution in [1.82, 2.24) is 25.1 Å². The molecule has 0 fully saturated rings. The highest BCUT2D eigenvalue weighted by molar-refractivity contribution is 5.94. The predicted molar refractivity (Wildman–Crippen MR) is 117 cm³/mol. The van der Waals surface area contributed by atoms with E-state index in [4.69, 9.17) is 4.74 Å². The summed E-state index contributed by atoms with van der Waals surface area (Å²) in [5, 5.41) is 7.31. The molecule has 7 heteroatoms. The van der Waals surface area contributed by atoms with Crippen LogP contribution >= 0.6 is 0 Å². The minimum absolute atomic E-state index is 0.0969. The van der Waals surface area contributed by atoms with Crippen LogP contribution in [-0.4, -0.2) is 44.6 Å². The van der Waals surface area contributed by atoms with Gasteiger partial charge in [0.1, 0.15) is 17.5 Å². The molecule has 1 aliphatic heterocycles. The number of aromatic amines is 2. The molecule has 0 saturated heterocycles. The molecule has 31 heavy (non-hydrogen) atoms. The van der Waals surface area contributed by atoms with Gasteiger partial charge in [0.05, 0.1) is 24.8 Å². The summed E-state index contributed by atoms with van der Waals surface area (Å²) < 4.78 is 5.29. The smallest absolute Gasteiger partial charge is 0.272 e. The Bertz CT molecular complexity index is 1210. The number of carbonyl (C=O) groups excluding carboxylic acids is 1. The van der Waals surface area contributed by atoms with Crippen LogP contribution in [0.15, 0.2) is 60.9 Å². The van der Waals surface area contributed by atoms with Gasteiger partial charge in [0, 0.05) is 24.2 Å². The molecule has 3 heterocycles. The van der Waals surface area contributed by atoms with Crippen LogP contribution in [0.2, 0.25) is 0 Å². The minimum atomic E-state index is -0.278. The van der Waals surface area contributed by atoms with Gasteiger partial charge in [0.25, 0.3) is 5.91 Å². The Kier molecular flexibility index (Phi) is 4.78. The number of imidazole rings is 1. The zero-order valence-corrected chi connectivity index (χ0v) is 17.4. The maximum Gasteiger partial charge on any atom is 0.272 e. The largest absolute Gasteiger partial charge is 0.497 e. The van der Waals surface area contributed by atoms with E-state index in [1.807, 2.05) is 66.4 Å². The molecule has 0 saturated carbocycles. The second-order valence-corrected chi connectivity index (χ2v) is 7.72. The van der Waals surface area contributed by atoms with E-state index in [2.05, 4.69) is 20.2 Å². The van der Waals surface area contributed by atoms with Crippen LogP contribution in [0.5, 0.6) is 5.75 Å².